The zero-order valence-electron chi connectivity index (χ0n) is 15.9. The lowest BCUT2D eigenvalue weighted by Crippen LogP contribution is -2.39. The van der Waals surface area contributed by atoms with Crippen molar-refractivity contribution in [3.8, 4) is 0 Å². The number of aromatic nitrogens is 4. The van der Waals surface area contributed by atoms with Crippen LogP contribution >= 0.6 is 0 Å². The smallest absolute Gasteiger partial charge is 0.191 e. The van der Waals surface area contributed by atoms with E-state index < -0.39 is 0 Å². The van der Waals surface area contributed by atoms with Crippen molar-refractivity contribution < 1.29 is 0 Å². The number of benzene rings is 1. The molecule has 2 aromatic heterocycles. The van der Waals surface area contributed by atoms with Crippen LogP contribution in [0.2, 0.25) is 0 Å². The summed E-state index contributed by atoms with van der Waals surface area (Å²) < 4.78 is 3.89. The Bertz CT molecular complexity index is 822. The third kappa shape index (κ3) is 5.70. The second-order valence-electron chi connectivity index (χ2n) is 6.61. The molecule has 0 spiro atoms. The van der Waals surface area contributed by atoms with Crippen molar-refractivity contribution in [3.63, 3.8) is 0 Å². The first-order valence-corrected chi connectivity index (χ1v) is 9.20. The van der Waals surface area contributed by atoms with Crippen LogP contribution in [0.15, 0.2) is 66.2 Å². The maximum absolute atomic E-state index is 4.33. The molecule has 1 unspecified atom stereocenters. The molecule has 2 N–H and O–H groups in total. The summed E-state index contributed by atoms with van der Waals surface area (Å²) in [6, 6.07) is 12.3. The number of hydrogen-bond acceptors (Lipinski definition) is 3. The van der Waals surface area contributed by atoms with Crippen LogP contribution < -0.4 is 10.6 Å². The Balaban J connectivity index is 1.50. The molecule has 3 aromatic rings. The summed E-state index contributed by atoms with van der Waals surface area (Å²) in [4.78, 5) is 4.33. The number of rotatable bonds is 8. The van der Waals surface area contributed by atoms with Gasteiger partial charge < -0.3 is 10.6 Å². The van der Waals surface area contributed by atoms with E-state index in [1.807, 2.05) is 33.9 Å². The van der Waals surface area contributed by atoms with Crippen LogP contribution in [-0.2, 0) is 19.6 Å². The average molecular weight is 365 g/mol. The monoisotopic (exact) mass is 365 g/mol. The fourth-order valence-corrected chi connectivity index (χ4v) is 2.92. The summed E-state index contributed by atoms with van der Waals surface area (Å²) in [7, 11) is 1.79. The van der Waals surface area contributed by atoms with E-state index in [4.69, 9.17) is 0 Å². The highest BCUT2D eigenvalue weighted by Gasteiger charge is 2.07. The van der Waals surface area contributed by atoms with E-state index in [1.54, 1.807) is 19.4 Å². The minimum absolute atomic E-state index is 0.440. The van der Waals surface area contributed by atoms with E-state index in [1.165, 1.54) is 11.1 Å². The second kappa shape index (κ2) is 9.56. The molecule has 0 radical (unpaired) electrons. The van der Waals surface area contributed by atoms with Gasteiger partial charge in [0.05, 0.1) is 6.54 Å². The fraction of sp³-hybridized carbons (Fsp3) is 0.350. The molecule has 3 rings (SSSR count). The van der Waals surface area contributed by atoms with Crippen molar-refractivity contribution in [3.05, 3.63) is 72.3 Å². The predicted molar refractivity (Wildman–Crippen MR) is 107 cm³/mol. The second-order valence-corrected chi connectivity index (χ2v) is 6.61. The molecule has 27 heavy (non-hydrogen) atoms. The molecule has 0 fully saturated rings. The Morgan fingerprint density at radius 2 is 1.70 bits per heavy atom. The topological polar surface area (TPSA) is 72.1 Å². The van der Waals surface area contributed by atoms with Gasteiger partial charge in [0.25, 0.3) is 0 Å². The molecule has 0 aliphatic rings. The summed E-state index contributed by atoms with van der Waals surface area (Å²) in [6.45, 7) is 5.38. The number of hydrogen-bond donors (Lipinski definition) is 2. The third-order valence-electron chi connectivity index (χ3n) is 4.36. The molecule has 0 saturated carbocycles. The van der Waals surface area contributed by atoms with Crippen LogP contribution in [0.1, 0.15) is 18.1 Å². The molecule has 0 amide bonds. The Kier molecular flexibility index (Phi) is 6.62. The molecule has 0 saturated heterocycles. The van der Waals surface area contributed by atoms with Crippen LogP contribution in [0.3, 0.4) is 0 Å². The fourth-order valence-electron chi connectivity index (χ4n) is 2.92. The Hall–Kier alpha value is -3.09. The first kappa shape index (κ1) is 18.7. The summed E-state index contributed by atoms with van der Waals surface area (Å²) in [5, 5.41) is 15.4. The quantitative estimate of drug-likeness (QED) is 0.474. The average Bonchev–Trinajstić information content (AvgIpc) is 3.37. The van der Waals surface area contributed by atoms with E-state index in [9.17, 15) is 0 Å². The molecule has 0 bridgehead atoms. The van der Waals surface area contributed by atoms with Gasteiger partial charge in [0.1, 0.15) is 0 Å². The van der Waals surface area contributed by atoms with Crippen LogP contribution in [0, 0.1) is 5.92 Å². The number of nitrogens with one attached hydrogen (secondary N) is 2. The van der Waals surface area contributed by atoms with E-state index in [0.717, 1.165) is 25.6 Å². The van der Waals surface area contributed by atoms with E-state index in [-0.39, 0.29) is 0 Å². The summed E-state index contributed by atoms with van der Waals surface area (Å²) in [6.07, 6.45) is 7.57. The van der Waals surface area contributed by atoms with Gasteiger partial charge in [-0.2, -0.15) is 10.2 Å². The SMILES string of the molecule is CN=C(NCc1ccccc1Cn1cccn1)NCC(C)Cn1cccn1. The van der Waals surface area contributed by atoms with Gasteiger partial charge >= 0.3 is 0 Å². The van der Waals surface area contributed by atoms with Crippen molar-refractivity contribution in [2.45, 2.75) is 26.6 Å². The summed E-state index contributed by atoms with van der Waals surface area (Å²) >= 11 is 0. The van der Waals surface area contributed by atoms with Gasteiger partial charge in [0, 0.05) is 51.5 Å². The number of nitrogens with zero attached hydrogens (tertiary/aromatic N) is 5. The standard InChI is InChI=1S/C20H27N7/c1-17(15-26-11-5-9-24-26)13-22-20(21-2)23-14-18-7-3-4-8-19(18)16-27-12-6-10-25-27/h3-12,17H,13-16H2,1-2H3,(H2,21,22,23). The van der Waals surface area contributed by atoms with Crippen LogP contribution in [0.25, 0.3) is 0 Å². The predicted octanol–water partition coefficient (Wildman–Crippen LogP) is 2.13. The zero-order valence-corrected chi connectivity index (χ0v) is 15.9. The summed E-state index contributed by atoms with van der Waals surface area (Å²) in [5.41, 5.74) is 2.48. The first-order valence-electron chi connectivity index (χ1n) is 9.20. The maximum Gasteiger partial charge on any atom is 0.191 e. The lowest BCUT2D eigenvalue weighted by atomic mass is 10.1. The van der Waals surface area contributed by atoms with Crippen LogP contribution in [0.5, 0.6) is 0 Å². The van der Waals surface area contributed by atoms with E-state index in [0.29, 0.717) is 12.5 Å². The Morgan fingerprint density at radius 3 is 2.37 bits per heavy atom. The minimum Gasteiger partial charge on any atom is -0.356 e. The van der Waals surface area contributed by atoms with Crippen molar-refractivity contribution in [2.24, 2.45) is 10.9 Å². The van der Waals surface area contributed by atoms with Crippen LogP contribution in [0.4, 0.5) is 0 Å². The molecule has 1 aromatic carbocycles. The van der Waals surface area contributed by atoms with Gasteiger partial charge in [-0.1, -0.05) is 31.2 Å². The lowest BCUT2D eigenvalue weighted by molar-refractivity contribution is 0.443. The van der Waals surface area contributed by atoms with Gasteiger partial charge in [-0.05, 0) is 29.2 Å². The van der Waals surface area contributed by atoms with Gasteiger partial charge in [-0.15, -0.1) is 0 Å². The molecule has 0 aliphatic carbocycles. The first-order chi connectivity index (χ1) is 13.2. The van der Waals surface area contributed by atoms with Gasteiger partial charge in [-0.25, -0.2) is 0 Å². The number of guanidine groups is 1. The summed E-state index contributed by atoms with van der Waals surface area (Å²) in [5.74, 6) is 1.24. The highest BCUT2D eigenvalue weighted by atomic mass is 15.3. The molecular formula is C20H27N7. The van der Waals surface area contributed by atoms with Crippen LogP contribution in [-0.4, -0.2) is 39.1 Å². The van der Waals surface area contributed by atoms with Gasteiger partial charge in [0.2, 0.25) is 0 Å². The van der Waals surface area contributed by atoms with Crippen molar-refractivity contribution in [1.82, 2.24) is 30.2 Å². The van der Waals surface area contributed by atoms with E-state index in [2.05, 4.69) is 57.0 Å². The molecule has 7 heteroatoms. The third-order valence-corrected chi connectivity index (χ3v) is 4.36. The maximum atomic E-state index is 4.33. The largest absolute Gasteiger partial charge is 0.356 e. The highest BCUT2D eigenvalue weighted by Crippen LogP contribution is 2.10. The molecule has 2 heterocycles. The molecular weight excluding hydrogens is 338 g/mol. The molecule has 0 aliphatic heterocycles. The minimum atomic E-state index is 0.440. The van der Waals surface area contributed by atoms with E-state index >= 15 is 0 Å². The van der Waals surface area contributed by atoms with Crippen molar-refractivity contribution in [1.29, 1.82) is 0 Å². The highest BCUT2D eigenvalue weighted by molar-refractivity contribution is 5.79. The van der Waals surface area contributed by atoms with Gasteiger partial charge in [-0.3, -0.25) is 14.4 Å². The zero-order chi connectivity index (χ0) is 18.9. The molecule has 1 atom stereocenters. The molecule has 142 valence electrons. The lowest BCUT2D eigenvalue weighted by Gasteiger charge is -2.17. The van der Waals surface area contributed by atoms with Gasteiger partial charge in [0.15, 0.2) is 5.96 Å². The van der Waals surface area contributed by atoms with Crippen molar-refractivity contribution >= 4 is 5.96 Å². The number of aliphatic imine (C=N–C) groups is 1. The Morgan fingerprint density at radius 1 is 1.00 bits per heavy atom. The molecule has 7 nitrogen and oxygen atoms in total. The Labute approximate surface area is 160 Å². The van der Waals surface area contributed by atoms with Crippen molar-refractivity contribution in [2.75, 3.05) is 13.6 Å². The normalized spacial score (nSPS) is 12.7.